The molecule has 4 nitrogen and oxygen atoms in total. The average Bonchev–Trinajstić information content (AvgIpc) is 3.38. The lowest BCUT2D eigenvalue weighted by Crippen LogP contribution is -2.09. The SMILES string of the molecule is CCn1cc(/C=C2\Oc3cc(OCc4c(F)c(F)c(F)c(F)c4F)ccc3C2=O)c2ccccc21. The Morgan fingerprint density at radius 1 is 0.943 bits per heavy atom. The number of carbonyl (C=O) groups is 1. The molecule has 1 aliphatic rings. The van der Waals surface area contributed by atoms with Crippen molar-refractivity contribution in [3.05, 3.63) is 100 Å². The molecule has 0 N–H and O–H groups in total. The number of hydrogen-bond acceptors (Lipinski definition) is 3. The van der Waals surface area contributed by atoms with Crippen LogP contribution in [0.1, 0.15) is 28.4 Å². The van der Waals surface area contributed by atoms with Crippen LogP contribution in [0.3, 0.4) is 0 Å². The quantitative estimate of drug-likeness (QED) is 0.139. The normalized spacial score (nSPS) is 14.0. The van der Waals surface area contributed by atoms with Crippen LogP contribution in [0, 0.1) is 29.1 Å². The minimum Gasteiger partial charge on any atom is -0.489 e. The fraction of sp³-hybridized carbons (Fsp3) is 0.115. The predicted octanol–water partition coefficient (Wildman–Crippen LogP) is 6.55. The van der Waals surface area contributed by atoms with Gasteiger partial charge in [0.2, 0.25) is 11.6 Å². The summed E-state index contributed by atoms with van der Waals surface area (Å²) in [4.78, 5) is 12.8. The Labute approximate surface area is 195 Å². The number of allylic oxidation sites excluding steroid dienone is 1. The predicted molar refractivity (Wildman–Crippen MR) is 118 cm³/mol. The molecule has 0 saturated heterocycles. The third-order valence-corrected chi connectivity index (χ3v) is 5.77. The summed E-state index contributed by atoms with van der Waals surface area (Å²) in [7, 11) is 0. The van der Waals surface area contributed by atoms with Gasteiger partial charge in [-0.25, -0.2) is 22.0 Å². The largest absolute Gasteiger partial charge is 0.489 e. The van der Waals surface area contributed by atoms with E-state index < -0.39 is 41.3 Å². The van der Waals surface area contributed by atoms with Crippen molar-refractivity contribution in [3.63, 3.8) is 0 Å². The number of benzene rings is 3. The molecule has 0 atom stereocenters. The Bertz CT molecular complexity index is 1510. The highest BCUT2D eigenvalue weighted by atomic mass is 19.2. The Morgan fingerprint density at radius 3 is 2.34 bits per heavy atom. The van der Waals surface area contributed by atoms with Crippen LogP contribution in [-0.2, 0) is 13.2 Å². The van der Waals surface area contributed by atoms with Crippen molar-refractivity contribution in [2.45, 2.75) is 20.1 Å². The van der Waals surface area contributed by atoms with Crippen molar-refractivity contribution in [3.8, 4) is 11.5 Å². The van der Waals surface area contributed by atoms with E-state index in [1.54, 1.807) is 6.08 Å². The zero-order chi connectivity index (χ0) is 24.9. The number of para-hydroxylation sites is 1. The van der Waals surface area contributed by atoms with Crippen LogP contribution in [0.25, 0.3) is 17.0 Å². The number of rotatable bonds is 5. The molecule has 9 heteroatoms. The summed E-state index contributed by atoms with van der Waals surface area (Å²) in [6.07, 6.45) is 3.54. The lowest BCUT2D eigenvalue weighted by molar-refractivity contribution is 0.101. The Balaban J connectivity index is 1.41. The number of hydrogen-bond donors (Lipinski definition) is 0. The van der Waals surface area contributed by atoms with Crippen molar-refractivity contribution in [1.29, 1.82) is 0 Å². The summed E-state index contributed by atoms with van der Waals surface area (Å²) >= 11 is 0. The molecule has 5 rings (SSSR count). The van der Waals surface area contributed by atoms with E-state index in [9.17, 15) is 26.7 Å². The van der Waals surface area contributed by atoms with Gasteiger partial charge in [0.15, 0.2) is 29.0 Å². The maximum atomic E-state index is 13.9. The number of Topliss-reactive ketones (excluding diaryl/α,β-unsaturated/α-hetero) is 1. The maximum absolute atomic E-state index is 13.9. The van der Waals surface area contributed by atoms with Crippen LogP contribution in [0.15, 0.2) is 54.4 Å². The molecule has 1 aliphatic heterocycles. The van der Waals surface area contributed by atoms with E-state index in [-0.39, 0.29) is 28.6 Å². The number of aryl methyl sites for hydroxylation is 1. The second-order valence-corrected chi connectivity index (χ2v) is 7.82. The molecule has 0 bridgehead atoms. The molecule has 0 saturated carbocycles. The molecule has 4 aromatic rings. The molecule has 3 aromatic carbocycles. The Hall–Kier alpha value is -4.14. The highest BCUT2D eigenvalue weighted by Crippen LogP contribution is 2.36. The van der Waals surface area contributed by atoms with Crippen LogP contribution < -0.4 is 9.47 Å². The number of aromatic nitrogens is 1. The van der Waals surface area contributed by atoms with E-state index in [0.717, 1.165) is 23.0 Å². The van der Waals surface area contributed by atoms with E-state index in [4.69, 9.17) is 9.47 Å². The number of ether oxygens (including phenoxy) is 2. The van der Waals surface area contributed by atoms with Gasteiger partial charge in [0.05, 0.1) is 11.1 Å². The van der Waals surface area contributed by atoms with Gasteiger partial charge in [-0.15, -0.1) is 0 Å². The van der Waals surface area contributed by atoms with Gasteiger partial charge >= 0.3 is 0 Å². The summed E-state index contributed by atoms with van der Waals surface area (Å²) < 4.78 is 80.8. The summed E-state index contributed by atoms with van der Waals surface area (Å²) in [5.41, 5.74) is 0.945. The number of carbonyl (C=O) groups excluding carboxylic acids is 1. The number of halogens is 5. The van der Waals surface area contributed by atoms with Gasteiger partial charge in [-0.05, 0) is 31.2 Å². The first-order valence-corrected chi connectivity index (χ1v) is 10.6. The summed E-state index contributed by atoms with van der Waals surface area (Å²) in [5, 5.41) is 0.945. The molecule has 2 heterocycles. The van der Waals surface area contributed by atoms with E-state index >= 15 is 0 Å². The minimum atomic E-state index is -2.24. The van der Waals surface area contributed by atoms with Crippen LogP contribution in [0.4, 0.5) is 22.0 Å². The molecule has 178 valence electrons. The zero-order valence-corrected chi connectivity index (χ0v) is 18.2. The zero-order valence-electron chi connectivity index (χ0n) is 18.2. The highest BCUT2D eigenvalue weighted by molar-refractivity contribution is 6.15. The van der Waals surface area contributed by atoms with Gasteiger partial charge in [-0.1, -0.05) is 18.2 Å². The number of fused-ring (bicyclic) bond motifs is 2. The monoisotopic (exact) mass is 485 g/mol. The molecule has 0 unspecified atom stereocenters. The fourth-order valence-electron chi connectivity index (χ4n) is 3.98. The summed E-state index contributed by atoms with van der Waals surface area (Å²) in [6.45, 7) is 1.82. The van der Waals surface area contributed by atoms with Gasteiger partial charge in [0.25, 0.3) is 0 Å². The standard InChI is InChI=1S/C26H16F5NO3/c1-2-32-11-13(15-5-3-4-6-18(15)32)9-20-26(33)16-8-7-14(10-19(16)35-20)34-12-17-21(27)23(29)25(31)24(30)22(17)28/h3-11H,2,12H2,1H3/b20-9-. The van der Waals surface area contributed by atoms with Crippen molar-refractivity contribution in [2.24, 2.45) is 0 Å². The van der Waals surface area contributed by atoms with Gasteiger partial charge in [-0.2, -0.15) is 0 Å². The van der Waals surface area contributed by atoms with Crippen molar-refractivity contribution >= 4 is 22.8 Å². The van der Waals surface area contributed by atoms with E-state index in [0.29, 0.717) is 0 Å². The Morgan fingerprint density at radius 2 is 1.63 bits per heavy atom. The molecular weight excluding hydrogens is 469 g/mol. The molecule has 1 aromatic heterocycles. The first kappa shape index (κ1) is 22.6. The Kier molecular flexibility index (Phi) is 5.55. The first-order valence-electron chi connectivity index (χ1n) is 10.6. The molecule has 0 amide bonds. The third kappa shape index (κ3) is 3.73. The topological polar surface area (TPSA) is 40.5 Å². The summed E-state index contributed by atoms with van der Waals surface area (Å²) in [6, 6.07) is 11.8. The van der Waals surface area contributed by atoms with E-state index in [1.807, 2.05) is 42.0 Å². The average molecular weight is 485 g/mol. The minimum absolute atomic E-state index is 0.0179. The van der Waals surface area contributed by atoms with Crippen molar-refractivity contribution < 1.29 is 36.2 Å². The highest BCUT2D eigenvalue weighted by Gasteiger charge is 2.29. The van der Waals surface area contributed by atoms with Crippen LogP contribution >= 0.6 is 0 Å². The maximum Gasteiger partial charge on any atom is 0.231 e. The molecular formula is C26H16F5NO3. The van der Waals surface area contributed by atoms with Crippen LogP contribution in [0.2, 0.25) is 0 Å². The molecule has 0 spiro atoms. The van der Waals surface area contributed by atoms with E-state index in [1.165, 1.54) is 18.2 Å². The van der Waals surface area contributed by atoms with E-state index in [2.05, 4.69) is 0 Å². The lowest BCUT2D eigenvalue weighted by Gasteiger charge is -2.10. The number of ketones is 1. The second kappa shape index (κ2) is 8.57. The molecule has 35 heavy (non-hydrogen) atoms. The fourth-order valence-corrected chi connectivity index (χ4v) is 3.98. The van der Waals surface area contributed by atoms with Crippen LogP contribution in [-0.4, -0.2) is 10.4 Å². The molecule has 0 aliphatic carbocycles. The first-order chi connectivity index (χ1) is 16.8. The smallest absolute Gasteiger partial charge is 0.231 e. The van der Waals surface area contributed by atoms with Gasteiger partial charge in [-0.3, -0.25) is 4.79 Å². The second-order valence-electron chi connectivity index (χ2n) is 7.82. The lowest BCUT2D eigenvalue weighted by atomic mass is 10.1. The van der Waals surface area contributed by atoms with Crippen LogP contribution in [0.5, 0.6) is 11.5 Å². The van der Waals surface area contributed by atoms with Crippen molar-refractivity contribution in [1.82, 2.24) is 4.57 Å². The third-order valence-electron chi connectivity index (χ3n) is 5.77. The van der Waals surface area contributed by atoms with Crippen molar-refractivity contribution in [2.75, 3.05) is 0 Å². The van der Waals surface area contributed by atoms with Gasteiger partial charge < -0.3 is 14.0 Å². The molecule has 0 radical (unpaired) electrons. The van der Waals surface area contributed by atoms with Gasteiger partial charge in [0, 0.05) is 35.3 Å². The number of nitrogens with zero attached hydrogens (tertiary/aromatic N) is 1. The summed E-state index contributed by atoms with van der Waals surface area (Å²) in [5.74, 6) is -10.4. The van der Waals surface area contributed by atoms with Gasteiger partial charge in [0.1, 0.15) is 18.1 Å². The molecule has 0 fully saturated rings.